The molecule has 3 unspecified atom stereocenters. The van der Waals surface area contributed by atoms with Gasteiger partial charge in [-0.3, -0.25) is 0 Å². The fourth-order valence-electron chi connectivity index (χ4n) is 27.4. The van der Waals surface area contributed by atoms with Gasteiger partial charge in [0.15, 0.2) is 0 Å². The zero-order valence-corrected chi connectivity index (χ0v) is 77.3. The van der Waals surface area contributed by atoms with Gasteiger partial charge in [0.05, 0.1) is 66.4 Å². The quantitative estimate of drug-likeness (QED) is 0.167. The Morgan fingerprint density at radius 3 is 0.861 bits per heavy atom. The Labute approximate surface area is 797 Å². The molecule has 646 valence electrons. The molecule has 0 saturated carbocycles. The third-order valence-electron chi connectivity index (χ3n) is 32.7. The van der Waals surface area contributed by atoms with Gasteiger partial charge in [0.1, 0.15) is 0 Å². The van der Waals surface area contributed by atoms with Crippen molar-refractivity contribution in [3.8, 4) is 61.6 Å². The highest BCUT2D eigenvalue weighted by Crippen LogP contribution is 2.67. The number of fused-ring (bicyclic) bond motifs is 35. The Hall–Kier alpha value is -16.5. The van der Waals surface area contributed by atoms with Gasteiger partial charge in [-0.25, -0.2) is 0 Å². The van der Waals surface area contributed by atoms with Crippen molar-refractivity contribution in [1.82, 2.24) is 13.7 Å². The summed E-state index contributed by atoms with van der Waals surface area (Å²) in [5.41, 5.74) is 44.4. The zero-order chi connectivity index (χ0) is 91.2. The average molecular weight is 1750 g/mol. The highest BCUT2D eigenvalue weighted by atomic mass is 15.0. The maximum absolute atomic E-state index is 2.52. The maximum atomic E-state index is 2.52. The Balaban J connectivity index is 0.000000102. The summed E-state index contributed by atoms with van der Waals surface area (Å²) in [6, 6.07) is 175. The molecule has 3 nitrogen and oxygen atoms in total. The van der Waals surface area contributed by atoms with Crippen LogP contribution in [0.4, 0.5) is 0 Å². The molecule has 3 aromatic heterocycles. The first-order valence-corrected chi connectivity index (χ1v) is 48.5. The van der Waals surface area contributed by atoms with Crippen LogP contribution in [0.15, 0.2) is 467 Å². The Bertz CT molecular complexity index is 9270. The molecule has 21 aromatic carbocycles. The molecule has 0 radical (unpaired) electrons. The van der Waals surface area contributed by atoms with Crippen LogP contribution in [0, 0.1) is 0 Å². The van der Waals surface area contributed by atoms with E-state index in [-0.39, 0.29) is 16.2 Å². The average Bonchev–Trinajstić information content (AvgIpc) is 1.66. The lowest BCUT2D eigenvalue weighted by Gasteiger charge is -2.50. The monoisotopic (exact) mass is 1750 g/mol. The second-order valence-corrected chi connectivity index (χ2v) is 40.2. The maximum Gasteiger partial charge on any atom is 0.0748 e. The minimum Gasteiger partial charge on any atom is -0.309 e. The van der Waals surface area contributed by atoms with E-state index >= 15 is 0 Å². The summed E-state index contributed by atoms with van der Waals surface area (Å²) in [6.07, 6.45) is 0. The molecule has 3 aliphatic carbocycles. The number of benzene rings is 21. The molecule has 0 amide bonds. The van der Waals surface area contributed by atoms with Crippen molar-refractivity contribution in [2.45, 2.75) is 74.0 Å². The van der Waals surface area contributed by atoms with Crippen LogP contribution < -0.4 is 0 Å². The van der Waals surface area contributed by atoms with E-state index < -0.39 is 16.2 Å². The first-order valence-electron chi connectivity index (χ1n) is 48.5. The minimum atomic E-state index is -0.484. The van der Waals surface area contributed by atoms with Crippen LogP contribution >= 0.6 is 0 Å². The molecule has 0 N–H and O–H groups in total. The fraction of sp³-hybridized carbons (Fsp3) is 0.0896. The highest BCUT2D eigenvalue weighted by molar-refractivity contribution is 6.16. The summed E-state index contributed by atoms with van der Waals surface area (Å²) in [6.45, 7) is 14.6. The summed E-state index contributed by atoms with van der Waals surface area (Å²) in [5.74, 6) is 0. The smallest absolute Gasteiger partial charge is 0.0748 e. The summed E-state index contributed by atoms with van der Waals surface area (Å²) < 4.78 is 7.57. The lowest BCUT2D eigenvalue weighted by molar-refractivity contribution is 0.557. The zero-order valence-electron chi connectivity index (χ0n) is 77.3. The van der Waals surface area contributed by atoms with E-state index in [0.29, 0.717) is 0 Å². The van der Waals surface area contributed by atoms with Crippen molar-refractivity contribution in [2.24, 2.45) is 0 Å². The van der Waals surface area contributed by atoms with Crippen LogP contribution in [0.1, 0.15) is 142 Å². The van der Waals surface area contributed by atoms with Gasteiger partial charge in [0, 0.05) is 48.6 Å². The third kappa shape index (κ3) is 10.5. The first kappa shape index (κ1) is 79.1. The van der Waals surface area contributed by atoms with E-state index in [9.17, 15) is 0 Å². The topological polar surface area (TPSA) is 14.8 Å². The van der Waals surface area contributed by atoms with E-state index in [1.54, 1.807) is 0 Å². The van der Waals surface area contributed by atoms with Gasteiger partial charge in [0.2, 0.25) is 0 Å². The van der Waals surface area contributed by atoms with Gasteiger partial charge in [-0.1, -0.05) is 466 Å². The molecule has 3 aliphatic heterocycles. The second kappa shape index (κ2) is 29.0. The van der Waals surface area contributed by atoms with E-state index in [1.807, 2.05) is 0 Å². The van der Waals surface area contributed by atoms with Crippen molar-refractivity contribution >= 4 is 87.0 Å². The number of hydrogen-bond acceptors (Lipinski definition) is 0. The molecule has 0 fully saturated rings. The van der Waals surface area contributed by atoms with Crippen molar-refractivity contribution < 1.29 is 0 Å². The Morgan fingerprint density at radius 2 is 0.423 bits per heavy atom. The summed E-state index contributed by atoms with van der Waals surface area (Å²) in [4.78, 5) is 0. The van der Waals surface area contributed by atoms with Crippen LogP contribution in [0.25, 0.3) is 149 Å². The molecule has 3 spiro atoms. The van der Waals surface area contributed by atoms with Crippen LogP contribution in [-0.2, 0) is 32.5 Å². The van der Waals surface area contributed by atoms with Crippen molar-refractivity contribution in [1.29, 1.82) is 0 Å². The Kier molecular flexibility index (Phi) is 16.8. The Morgan fingerprint density at radius 1 is 0.153 bits per heavy atom. The molecule has 24 aromatic rings. The van der Waals surface area contributed by atoms with Crippen LogP contribution in [0.3, 0.4) is 0 Å². The van der Waals surface area contributed by atoms with Crippen molar-refractivity contribution in [2.75, 3.05) is 0 Å². The summed E-state index contributed by atoms with van der Waals surface area (Å²) in [5, 5.41) is 12.9. The molecular weight excluding hydrogens is 1650 g/mol. The number of rotatable bonds is 4. The van der Waals surface area contributed by atoms with E-state index in [2.05, 4.69) is 522 Å². The SMILES string of the molecule is CC1(C)c2ccccc2C2(c3ccccc3-n3c4ccccc4c4cccc2c43)c2cccc(-c3ccc(-c4ccccc4)cc3)c21.CC1(C)c2ccccc2C2(c3ccccc3-n3c4ccccc4c4cccc2c43)c2cccc(-c3ccc4ccccc4c3)c21.CC1(C)c2ccccc2C2(c3ccccc3-n3c4ccccc4c4cccc2c43)c2cccc(-c3cccc4ccccc34)c21. The molecule has 6 aliphatic rings. The van der Waals surface area contributed by atoms with Crippen molar-refractivity contribution in [3.05, 3.63) is 567 Å². The highest BCUT2D eigenvalue weighted by Gasteiger charge is 2.58. The fourth-order valence-corrected chi connectivity index (χ4v) is 27.4. The summed E-state index contributed by atoms with van der Waals surface area (Å²) >= 11 is 0. The van der Waals surface area contributed by atoms with E-state index in [4.69, 9.17) is 0 Å². The van der Waals surface area contributed by atoms with Gasteiger partial charge in [0.25, 0.3) is 0 Å². The number of nitrogens with zero attached hydrogens (tertiary/aromatic N) is 3. The van der Waals surface area contributed by atoms with Gasteiger partial charge in [-0.05, 0) is 209 Å². The summed E-state index contributed by atoms with van der Waals surface area (Å²) in [7, 11) is 0. The first-order chi connectivity index (χ1) is 67.3. The molecular formula is C134H95N3. The molecule has 6 heterocycles. The van der Waals surface area contributed by atoms with Gasteiger partial charge in [-0.2, -0.15) is 0 Å². The van der Waals surface area contributed by atoms with Crippen LogP contribution in [0.5, 0.6) is 0 Å². The molecule has 3 atom stereocenters. The number of hydrogen-bond donors (Lipinski definition) is 0. The molecule has 30 rings (SSSR count). The number of para-hydroxylation sites is 9. The van der Waals surface area contributed by atoms with E-state index in [1.165, 1.54) is 249 Å². The standard InChI is InChI=1S/C46H33N.2C44H31N/c1-45(2)36-19-7-8-20-37(36)46(39-22-12-17-33(43(39)45)32-28-26-31(27-29-32)30-14-4-3-5-15-30)38-21-9-11-25-42(38)47-41-24-10-6-16-34(41)35-18-13-23-40(46)44(35)47;1-43(2)34-21-6-7-22-35(34)44(37-24-12-19-32(41(37)43)30-18-11-15-28-14-3-4-16-29(28)30)36-23-8-10-27-40(36)45-39-26-9-5-17-31(39)33-20-13-25-38(44)42(33)45;1-43(2)34-18-6-7-19-35(34)44(37-21-11-16-31(41(37)43)30-26-25-28-13-3-4-14-29(28)27-30)36-20-8-10-24-40(36)45-39-23-9-5-15-32(39)33-17-12-22-38(44)42(33)45/h3-29H,1-2H3;2*3-27H,1-2H3. The lowest BCUT2D eigenvalue weighted by atomic mass is 9.52. The molecule has 3 heteroatoms. The third-order valence-corrected chi connectivity index (χ3v) is 32.7. The normalized spacial score (nSPS) is 17.2. The van der Waals surface area contributed by atoms with Crippen molar-refractivity contribution in [3.63, 3.8) is 0 Å². The van der Waals surface area contributed by atoms with E-state index in [0.717, 1.165) is 0 Å². The van der Waals surface area contributed by atoms with Gasteiger partial charge in [-0.15, -0.1) is 0 Å². The predicted octanol–water partition coefficient (Wildman–Crippen LogP) is 33.3. The van der Waals surface area contributed by atoms with Gasteiger partial charge >= 0.3 is 0 Å². The second-order valence-electron chi connectivity index (χ2n) is 40.2. The molecule has 137 heavy (non-hydrogen) atoms. The van der Waals surface area contributed by atoms with Crippen LogP contribution in [0.2, 0.25) is 0 Å². The predicted molar refractivity (Wildman–Crippen MR) is 571 cm³/mol. The van der Waals surface area contributed by atoms with Crippen LogP contribution in [-0.4, -0.2) is 13.7 Å². The van der Waals surface area contributed by atoms with Gasteiger partial charge < -0.3 is 13.7 Å². The number of aromatic nitrogens is 3. The molecule has 0 saturated heterocycles. The lowest BCUT2D eigenvalue weighted by Crippen LogP contribution is -2.44. The minimum absolute atomic E-state index is 0.216. The molecule has 0 bridgehead atoms. The largest absolute Gasteiger partial charge is 0.309 e.